The van der Waals surface area contributed by atoms with E-state index in [0.29, 0.717) is 0 Å². The number of carboxylic acid groups (broad SMARTS) is 2. The highest BCUT2D eigenvalue weighted by Crippen LogP contribution is 2.08. The van der Waals surface area contributed by atoms with Gasteiger partial charge in [-0.15, -0.1) is 6.58 Å². The van der Waals surface area contributed by atoms with E-state index >= 15 is 0 Å². The monoisotopic (exact) mass is 188 g/mol. The molecule has 5 nitrogen and oxygen atoms in total. The fourth-order valence-corrected chi connectivity index (χ4v) is 0.731. The molecule has 0 amide bonds. The van der Waals surface area contributed by atoms with Gasteiger partial charge in [0.15, 0.2) is 6.10 Å². The Balaban J connectivity index is 4.31. The van der Waals surface area contributed by atoms with Crippen molar-refractivity contribution in [3.05, 3.63) is 12.7 Å². The molecule has 0 fully saturated rings. The fraction of sp³-hybridized carbons (Fsp3) is 0.500. The molecule has 0 saturated heterocycles. The summed E-state index contributed by atoms with van der Waals surface area (Å²) in [5, 5.41) is 17.1. The fourth-order valence-electron chi connectivity index (χ4n) is 0.731. The Labute approximate surface area is 75.6 Å². The zero-order valence-corrected chi connectivity index (χ0v) is 7.27. The minimum Gasteiger partial charge on any atom is -0.481 e. The van der Waals surface area contributed by atoms with Gasteiger partial charge in [0.2, 0.25) is 0 Å². The van der Waals surface area contributed by atoms with Crippen molar-refractivity contribution in [2.45, 2.75) is 13.0 Å². The quantitative estimate of drug-likeness (QED) is 0.588. The summed E-state index contributed by atoms with van der Waals surface area (Å²) in [7, 11) is 0. The van der Waals surface area contributed by atoms with Crippen LogP contribution in [0, 0.1) is 5.92 Å². The van der Waals surface area contributed by atoms with Gasteiger partial charge in [-0.3, -0.25) is 4.79 Å². The van der Waals surface area contributed by atoms with Gasteiger partial charge in [-0.2, -0.15) is 0 Å². The topological polar surface area (TPSA) is 83.8 Å². The minimum atomic E-state index is -1.32. The van der Waals surface area contributed by atoms with Gasteiger partial charge in [0.05, 0.1) is 12.5 Å². The van der Waals surface area contributed by atoms with Gasteiger partial charge in [0.25, 0.3) is 0 Å². The van der Waals surface area contributed by atoms with Crippen LogP contribution in [0.5, 0.6) is 0 Å². The number of aliphatic carboxylic acids is 2. The Hall–Kier alpha value is -1.36. The SMILES string of the molecule is C=CCOC(C(=O)O)C(C)C(=O)O. The predicted octanol–water partition coefficient (Wildman–Crippen LogP) is 0.363. The van der Waals surface area contributed by atoms with Crippen molar-refractivity contribution in [3.8, 4) is 0 Å². The Morgan fingerprint density at radius 2 is 2.00 bits per heavy atom. The van der Waals surface area contributed by atoms with E-state index in [1.807, 2.05) is 0 Å². The first-order valence-electron chi connectivity index (χ1n) is 3.68. The predicted molar refractivity (Wildman–Crippen MR) is 44.4 cm³/mol. The van der Waals surface area contributed by atoms with Gasteiger partial charge < -0.3 is 14.9 Å². The molecular weight excluding hydrogens is 176 g/mol. The number of ether oxygens (including phenoxy) is 1. The number of carboxylic acids is 2. The second-order valence-corrected chi connectivity index (χ2v) is 2.51. The summed E-state index contributed by atoms with van der Waals surface area (Å²) < 4.78 is 4.78. The summed E-state index contributed by atoms with van der Waals surface area (Å²) in [4.78, 5) is 21.0. The molecule has 0 aromatic rings. The van der Waals surface area contributed by atoms with Crippen molar-refractivity contribution < 1.29 is 24.5 Å². The minimum absolute atomic E-state index is 0.0224. The van der Waals surface area contributed by atoms with E-state index in [4.69, 9.17) is 14.9 Å². The lowest BCUT2D eigenvalue weighted by Gasteiger charge is -2.15. The highest BCUT2D eigenvalue weighted by Gasteiger charge is 2.30. The highest BCUT2D eigenvalue weighted by molar-refractivity contribution is 5.81. The molecule has 0 spiro atoms. The van der Waals surface area contributed by atoms with E-state index < -0.39 is 24.0 Å². The van der Waals surface area contributed by atoms with E-state index in [2.05, 4.69) is 6.58 Å². The summed E-state index contributed by atoms with van der Waals surface area (Å²) >= 11 is 0. The van der Waals surface area contributed by atoms with Crippen LogP contribution < -0.4 is 0 Å². The van der Waals surface area contributed by atoms with Crippen molar-refractivity contribution in [1.82, 2.24) is 0 Å². The third-order valence-corrected chi connectivity index (χ3v) is 1.48. The van der Waals surface area contributed by atoms with Crippen molar-refractivity contribution in [2.75, 3.05) is 6.61 Å². The lowest BCUT2D eigenvalue weighted by atomic mass is 10.1. The van der Waals surface area contributed by atoms with Crippen LogP contribution in [0.25, 0.3) is 0 Å². The molecule has 0 aromatic heterocycles. The molecule has 2 atom stereocenters. The molecule has 13 heavy (non-hydrogen) atoms. The molecule has 0 saturated carbocycles. The number of hydrogen-bond acceptors (Lipinski definition) is 3. The molecule has 74 valence electrons. The molecular formula is C8H12O5. The Morgan fingerprint density at radius 1 is 1.46 bits per heavy atom. The zero-order valence-electron chi connectivity index (χ0n) is 7.27. The maximum Gasteiger partial charge on any atom is 0.333 e. The molecule has 2 unspecified atom stereocenters. The molecule has 0 bridgehead atoms. The summed E-state index contributed by atoms with van der Waals surface area (Å²) in [6.45, 7) is 4.64. The van der Waals surface area contributed by atoms with Crippen LogP contribution in [0.15, 0.2) is 12.7 Å². The molecule has 0 aliphatic rings. The van der Waals surface area contributed by atoms with Crippen LogP contribution in [-0.4, -0.2) is 34.9 Å². The Kier molecular flexibility index (Phi) is 4.76. The van der Waals surface area contributed by atoms with E-state index in [1.54, 1.807) is 0 Å². The standard InChI is InChI=1S/C8H12O5/c1-3-4-13-6(8(11)12)5(2)7(9)10/h3,5-6H,1,4H2,2H3,(H,9,10)(H,11,12). The van der Waals surface area contributed by atoms with E-state index in [9.17, 15) is 9.59 Å². The van der Waals surface area contributed by atoms with Gasteiger partial charge in [0, 0.05) is 0 Å². The van der Waals surface area contributed by atoms with Gasteiger partial charge in [-0.1, -0.05) is 6.08 Å². The Bertz CT molecular complexity index is 211. The van der Waals surface area contributed by atoms with E-state index in [1.165, 1.54) is 13.0 Å². The van der Waals surface area contributed by atoms with Crippen LogP contribution in [0.1, 0.15) is 6.92 Å². The lowest BCUT2D eigenvalue weighted by Crippen LogP contribution is -2.35. The van der Waals surface area contributed by atoms with Crippen LogP contribution in [0.2, 0.25) is 0 Å². The molecule has 0 radical (unpaired) electrons. The average molecular weight is 188 g/mol. The van der Waals surface area contributed by atoms with Crippen LogP contribution in [0.3, 0.4) is 0 Å². The summed E-state index contributed by atoms with van der Waals surface area (Å²) in [6.07, 6.45) is 0.0420. The van der Waals surface area contributed by atoms with Gasteiger partial charge in [-0.25, -0.2) is 4.79 Å². The lowest BCUT2D eigenvalue weighted by molar-refractivity contribution is -0.162. The molecule has 0 aliphatic carbocycles. The molecule has 0 rings (SSSR count). The average Bonchev–Trinajstić information content (AvgIpc) is 2.04. The summed E-state index contributed by atoms with van der Waals surface area (Å²) in [5.74, 6) is -3.55. The smallest absolute Gasteiger partial charge is 0.333 e. The normalized spacial score (nSPS) is 14.5. The largest absolute Gasteiger partial charge is 0.481 e. The van der Waals surface area contributed by atoms with Crippen molar-refractivity contribution in [3.63, 3.8) is 0 Å². The number of rotatable bonds is 6. The molecule has 0 heterocycles. The first-order chi connectivity index (χ1) is 6.00. The molecule has 5 heteroatoms. The first kappa shape index (κ1) is 11.6. The van der Waals surface area contributed by atoms with Gasteiger partial charge in [-0.05, 0) is 6.92 Å². The van der Waals surface area contributed by atoms with Crippen LogP contribution in [-0.2, 0) is 14.3 Å². The highest BCUT2D eigenvalue weighted by atomic mass is 16.5. The number of carbonyl (C=O) groups is 2. The van der Waals surface area contributed by atoms with Crippen LogP contribution >= 0.6 is 0 Å². The number of hydrogen-bond donors (Lipinski definition) is 2. The van der Waals surface area contributed by atoms with E-state index in [-0.39, 0.29) is 6.61 Å². The zero-order chi connectivity index (χ0) is 10.4. The van der Waals surface area contributed by atoms with Crippen molar-refractivity contribution >= 4 is 11.9 Å². The Morgan fingerprint density at radius 3 is 2.31 bits per heavy atom. The molecule has 0 aromatic carbocycles. The first-order valence-corrected chi connectivity index (χ1v) is 3.68. The maximum absolute atomic E-state index is 10.5. The maximum atomic E-state index is 10.5. The van der Waals surface area contributed by atoms with Crippen LogP contribution in [0.4, 0.5) is 0 Å². The summed E-state index contributed by atoms with van der Waals surface area (Å²) in [5.41, 5.74) is 0. The van der Waals surface area contributed by atoms with Crippen molar-refractivity contribution in [1.29, 1.82) is 0 Å². The van der Waals surface area contributed by atoms with Gasteiger partial charge >= 0.3 is 11.9 Å². The third kappa shape index (κ3) is 3.71. The second kappa shape index (κ2) is 5.31. The second-order valence-electron chi connectivity index (χ2n) is 2.51. The van der Waals surface area contributed by atoms with Crippen molar-refractivity contribution in [2.24, 2.45) is 5.92 Å². The molecule has 2 N–H and O–H groups in total. The third-order valence-electron chi connectivity index (χ3n) is 1.48. The van der Waals surface area contributed by atoms with Gasteiger partial charge in [0.1, 0.15) is 0 Å². The van der Waals surface area contributed by atoms with E-state index in [0.717, 1.165) is 0 Å². The molecule has 0 aliphatic heterocycles. The summed E-state index contributed by atoms with van der Waals surface area (Å²) in [6, 6.07) is 0.